The largest absolute Gasteiger partial charge is 0.398 e. The van der Waals surface area contributed by atoms with Crippen molar-refractivity contribution in [3.8, 4) is 0 Å². The van der Waals surface area contributed by atoms with E-state index in [1.54, 1.807) is 0 Å². The van der Waals surface area contributed by atoms with E-state index in [0.29, 0.717) is 12.2 Å². The van der Waals surface area contributed by atoms with Gasteiger partial charge in [-0.15, -0.1) is 0 Å². The molecule has 1 amide bonds. The molecule has 0 aromatic carbocycles. The monoisotopic (exact) mass is 265 g/mol. The number of rotatable bonds is 4. The number of ether oxygens (including phenoxy) is 1. The predicted molar refractivity (Wildman–Crippen MR) is 71.7 cm³/mol. The van der Waals surface area contributed by atoms with Gasteiger partial charge in [-0.3, -0.25) is 9.59 Å². The lowest BCUT2D eigenvalue weighted by Gasteiger charge is -2.23. The Balaban J connectivity index is 1.90. The van der Waals surface area contributed by atoms with Crippen LogP contribution in [-0.4, -0.2) is 29.2 Å². The summed E-state index contributed by atoms with van der Waals surface area (Å²) in [6, 6.07) is 2.87. The fourth-order valence-electron chi connectivity index (χ4n) is 2.15. The Labute approximate surface area is 111 Å². The van der Waals surface area contributed by atoms with Gasteiger partial charge >= 0.3 is 0 Å². The minimum atomic E-state index is -0.281. The first-order chi connectivity index (χ1) is 8.98. The Morgan fingerprint density at radius 2 is 2.37 bits per heavy atom. The van der Waals surface area contributed by atoms with Crippen molar-refractivity contribution in [2.75, 3.05) is 18.9 Å². The number of hydrogen-bond donors (Lipinski definition) is 2. The van der Waals surface area contributed by atoms with E-state index in [2.05, 4.69) is 5.32 Å². The van der Waals surface area contributed by atoms with Crippen LogP contribution in [0.2, 0.25) is 0 Å². The summed E-state index contributed by atoms with van der Waals surface area (Å²) in [6.45, 7) is 3.15. The third-order valence-corrected chi connectivity index (χ3v) is 3.28. The lowest BCUT2D eigenvalue weighted by Crippen LogP contribution is -2.42. The van der Waals surface area contributed by atoms with Gasteiger partial charge in [0.2, 0.25) is 5.91 Å². The average molecular weight is 265 g/mol. The van der Waals surface area contributed by atoms with Crippen LogP contribution in [0.5, 0.6) is 0 Å². The highest BCUT2D eigenvalue weighted by Crippen LogP contribution is 2.23. The number of hydrogen-bond acceptors (Lipinski definition) is 4. The summed E-state index contributed by atoms with van der Waals surface area (Å²) in [6.07, 6.45) is 3.42. The van der Waals surface area contributed by atoms with Gasteiger partial charge in [0.15, 0.2) is 0 Å². The first kappa shape index (κ1) is 13.6. The molecule has 0 bridgehead atoms. The number of nitrogen functional groups attached to an aromatic ring is 1. The second kappa shape index (κ2) is 5.44. The van der Waals surface area contributed by atoms with Gasteiger partial charge in [-0.25, -0.2) is 0 Å². The Hall–Kier alpha value is -1.82. The van der Waals surface area contributed by atoms with Crippen LogP contribution in [0, 0.1) is 0 Å². The zero-order valence-corrected chi connectivity index (χ0v) is 11.0. The molecule has 3 N–H and O–H groups in total. The summed E-state index contributed by atoms with van der Waals surface area (Å²) in [7, 11) is 0. The number of nitrogens with two attached hydrogens (primary N) is 1. The van der Waals surface area contributed by atoms with E-state index in [0.717, 1.165) is 19.4 Å². The van der Waals surface area contributed by atoms with Gasteiger partial charge in [0.25, 0.3) is 5.56 Å². The molecule has 2 heterocycles. The summed E-state index contributed by atoms with van der Waals surface area (Å²) in [5.74, 6) is -0.218. The van der Waals surface area contributed by atoms with E-state index in [1.165, 1.54) is 22.9 Å². The van der Waals surface area contributed by atoms with Crippen molar-refractivity contribution < 1.29 is 9.53 Å². The minimum Gasteiger partial charge on any atom is -0.398 e. The minimum absolute atomic E-state index is 0.0278. The Kier molecular flexibility index (Phi) is 3.90. The highest BCUT2D eigenvalue weighted by molar-refractivity contribution is 5.75. The van der Waals surface area contributed by atoms with Crippen LogP contribution in [0.1, 0.15) is 19.8 Å². The van der Waals surface area contributed by atoms with Crippen LogP contribution < -0.4 is 16.6 Å². The van der Waals surface area contributed by atoms with Crippen LogP contribution in [-0.2, 0) is 16.1 Å². The third-order valence-electron chi connectivity index (χ3n) is 3.28. The van der Waals surface area contributed by atoms with Crippen molar-refractivity contribution in [1.82, 2.24) is 9.88 Å². The number of carbonyl (C=O) groups excluding carboxylic acids is 1. The maximum absolute atomic E-state index is 11.8. The second-order valence-corrected chi connectivity index (χ2v) is 5.11. The van der Waals surface area contributed by atoms with Crippen LogP contribution in [0.25, 0.3) is 0 Å². The molecule has 1 aliphatic heterocycles. The Morgan fingerprint density at radius 1 is 1.58 bits per heavy atom. The molecular weight excluding hydrogens is 246 g/mol. The predicted octanol–water partition coefficient (Wildman–Crippen LogP) is 0.116. The van der Waals surface area contributed by atoms with Crippen LogP contribution >= 0.6 is 0 Å². The fraction of sp³-hybridized carbons (Fsp3) is 0.538. The van der Waals surface area contributed by atoms with Crippen molar-refractivity contribution in [1.29, 1.82) is 0 Å². The first-order valence-electron chi connectivity index (χ1n) is 6.35. The first-order valence-corrected chi connectivity index (χ1v) is 6.35. The molecule has 6 heteroatoms. The summed E-state index contributed by atoms with van der Waals surface area (Å²) < 4.78 is 6.87. The highest BCUT2D eigenvalue weighted by atomic mass is 16.5. The number of amides is 1. The lowest BCUT2D eigenvalue weighted by molar-refractivity contribution is -0.123. The van der Waals surface area contributed by atoms with Gasteiger partial charge in [-0.2, -0.15) is 0 Å². The number of anilines is 1. The van der Waals surface area contributed by atoms with Crippen LogP contribution in [0.3, 0.4) is 0 Å². The van der Waals surface area contributed by atoms with E-state index in [9.17, 15) is 9.59 Å². The third kappa shape index (κ3) is 3.57. The molecular formula is C13H19N3O3. The van der Waals surface area contributed by atoms with Crippen molar-refractivity contribution in [2.45, 2.75) is 31.9 Å². The molecule has 2 rings (SSSR count). The SMILES string of the molecule is CC1(CNC(=O)Cn2cc(N)ccc2=O)CCCO1. The smallest absolute Gasteiger partial charge is 0.251 e. The Bertz CT molecular complexity index is 518. The summed E-state index contributed by atoms with van der Waals surface area (Å²) in [4.78, 5) is 23.3. The van der Waals surface area contributed by atoms with Gasteiger partial charge in [-0.1, -0.05) is 0 Å². The van der Waals surface area contributed by atoms with Gasteiger partial charge in [0.1, 0.15) is 6.54 Å². The fourth-order valence-corrected chi connectivity index (χ4v) is 2.15. The molecule has 1 aliphatic rings. The number of carbonyl (C=O) groups is 1. The van der Waals surface area contributed by atoms with Crippen molar-refractivity contribution in [3.05, 3.63) is 28.7 Å². The molecule has 0 aliphatic carbocycles. The molecule has 1 unspecified atom stereocenters. The van der Waals surface area contributed by atoms with E-state index < -0.39 is 0 Å². The van der Waals surface area contributed by atoms with E-state index in [1.807, 2.05) is 6.92 Å². The topological polar surface area (TPSA) is 86.4 Å². The molecule has 0 spiro atoms. The molecule has 104 valence electrons. The molecule has 1 fully saturated rings. The lowest BCUT2D eigenvalue weighted by atomic mass is 10.0. The standard InChI is InChI=1S/C13H19N3O3/c1-13(5-2-6-19-13)9-15-11(17)8-16-7-10(14)3-4-12(16)18/h3-4,7H,2,5-6,8-9,14H2,1H3,(H,15,17). The molecule has 6 nitrogen and oxygen atoms in total. The zero-order chi connectivity index (χ0) is 13.9. The van der Waals surface area contributed by atoms with Crippen molar-refractivity contribution in [2.24, 2.45) is 0 Å². The zero-order valence-electron chi connectivity index (χ0n) is 11.0. The maximum atomic E-state index is 11.8. The number of nitrogens with one attached hydrogen (secondary N) is 1. The van der Waals surface area contributed by atoms with Crippen molar-refractivity contribution >= 4 is 11.6 Å². The van der Waals surface area contributed by atoms with E-state index >= 15 is 0 Å². The number of pyridine rings is 1. The van der Waals surface area contributed by atoms with Crippen LogP contribution in [0.4, 0.5) is 5.69 Å². The second-order valence-electron chi connectivity index (χ2n) is 5.11. The molecule has 1 atom stereocenters. The van der Waals surface area contributed by atoms with E-state index in [-0.39, 0.29) is 23.6 Å². The molecule has 19 heavy (non-hydrogen) atoms. The summed E-state index contributed by atoms with van der Waals surface area (Å²) >= 11 is 0. The molecule has 1 aromatic heterocycles. The van der Waals surface area contributed by atoms with Gasteiger partial charge < -0.3 is 20.4 Å². The summed E-state index contributed by atoms with van der Waals surface area (Å²) in [5.41, 5.74) is 5.52. The Morgan fingerprint density at radius 3 is 3.05 bits per heavy atom. The maximum Gasteiger partial charge on any atom is 0.251 e. The van der Waals surface area contributed by atoms with Gasteiger partial charge in [-0.05, 0) is 25.8 Å². The van der Waals surface area contributed by atoms with Gasteiger partial charge in [0.05, 0.1) is 5.60 Å². The average Bonchev–Trinajstić information content (AvgIpc) is 2.79. The number of nitrogens with zero attached hydrogens (tertiary/aromatic N) is 1. The van der Waals surface area contributed by atoms with Crippen LogP contribution in [0.15, 0.2) is 23.1 Å². The summed E-state index contributed by atoms with van der Waals surface area (Å²) in [5, 5.41) is 2.80. The van der Waals surface area contributed by atoms with Crippen molar-refractivity contribution in [3.63, 3.8) is 0 Å². The van der Waals surface area contributed by atoms with Gasteiger partial charge in [0, 0.05) is 31.1 Å². The van der Waals surface area contributed by atoms with E-state index in [4.69, 9.17) is 10.5 Å². The molecule has 0 radical (unpaired) electrons. The quantitative estimate of drug-likeness (QED) is 0.809. The molecule has 1 saturated heterocycles. The molecule has 1 aromatic rings. The normalized spacial score (nSPS) is 22.4. The highest BCUT2D eigenvalue weighted by Gasteiger charge is 2.29. The number of aromatic nitrogens is 1. The molecule has 0 saturated carbocycles.